The highest BCUT2D eigenvalue weighted by Gasteiger charge is 2.30. The van der Waals surface area contributed by atoms with Crippen LogP contribution < -0.4 is 10.6 Å². The summed E-state index contributed by atoms with van der Waals surface area (Å²) in [6.45, 7) is 0.397. The first-order valence-corrected chi connectivity index (χ1v) is 8.65. The van der Waals surface area contributed by atoms with E-state index in [1.165, 1.54) is 23.5 Å². The van der Waals surface area contributed by atoms with E-state index in [0.717, 1.165) is 17.0 Å². The highest BCUT2D eigenvalue weighted by atomic mass is 32.1. The average molecular weight is 376 g/mol. The van der Waals surface area contributed by atoms with E-state index in [1.807, 2.05) is 17.5 Å². The molecule has 1 amide bonds. The number of rotatable bonds is 5. The molecule has 0 aliphatic heterocycles. The average Bonchev–Trinajstić information content (AvgIpc) is 3.13. The van der Waals surface area contributed by atoms with E-state index in [2.05, 4.69) is 10.6 Å². The lowest BCUT2D eigenvalue weighted by Crippen LogP contribution is -2.23. The van der Waals surface area contributed by atoms with Crippen LogP contribution in [0, 0.1) is 0 Å². The van der Waals surface area contributed by atoms with E-state index in [-0.39, 0.29) is 11.6 Å². The van der Waals surface area contributed by atoms with Crippen LogP contribution in [0.1, 0.15) is 20.8 Å². The normalized spacial score (nSPS) is 11.2. The number of alkyl halides is 3. The molecule has 0 atom stereocenters. The fourth-order valence-electron chi connectivity index (χ4n) is 2.39. The van der Waals surface area contributed by atoms with Gasteiger partial charge in [-0.1, -0.05) is 24.3 Å². The number of benzene rings is 2. The van der Waals surface area contributed by atoms with Gasteiger partial charge in [0.1, 0.15) is 0 Å². The smallest absolute Gasteiger partial charge is 0.355 e. The lowest BCUT2D eigenvalue weighted by atomic mass is 10.1. The van der Waals surface area contributed by atoms with Crippen molar-refractivity contribution in [1.82, 2.24) is 5.32 Å². The predicted molar refractivity (Wildman–Crippen MR) is 96.7 cm³/mol. The van der Waals surface area contributed by atoms with Gasteiger partial charge in [0.15, 0.2) is 0 Å². The molecule has 134 valence electrons. The zero-order valence-electron chi connectivity index (χ0n) is 13.5. The Labute approximate surface area is 152 Å². The molecular weight excluding hydrogens is 361 g/mol. The third-order valence-electron chi connectivity index (χ3n) is 3.64. The minimum atomic E-state index is -4.42. The second-order valence-corrected chi connectivity index (χ2v) is 6.54. The number of carbonyl (C=O) groups excluding carboxylic acids is 1. The number of amides is 1. The molecule has 1 aromatic heterocycles. The fraction of sp³-hybridized carbons (Fsp3) is 0.105. The molecule has 2 aromatic carbocycles. The van der Waals surface area contributed by atoms with Crippen LogP contribution in [-0.4, -0.2) is 5.91 Å². The second-order valence-electron chi connectivity index (χ2n) is 5.51. The van der Waals surface area contributed by atoms with Gasteiger partial charge in [0.2, 0.25) is 0 Å². The Morgan fingerprint density at radius 2 is 1.81 bits per heavy atom. The van der Waals surface area contributed by atoms with Crippen LogP contribution in [0.4, 0.5) is 24.5 Å². The summed E-state index contributed by atoms with van der Waals surface area (Å²) < 4.78 is 38.6. The molecule has 1 heterocycles. The van der Waals surface area contributed by atoms with Crippen LogP contribution in [-0.2, 0) is 12.7 Å². The summed E-state index contributed by atoms with van der Waals surface area (Å²) >= 11 is 1.53. The highest BCUT2D eigenvalue weighted by Crippen LogP contribution is 2.31. The highest BCUT2D eigenvalue weighted by molar-refractivity contribution is 7.09. The minimum absolute atomic E-state index is 0.262. The first-order valence-electron chi connectivity index (χ1n) is 7.77. The van der Waals surface area contributed by atoms with Crippen molar-refractivity contribution >= 4 is 28.6 Å². The second kappa shape index (κ2) is 7.61. The van der Waals surface area contributed by atoms with Crippen molar-refractivity contribution in [2.24, 2.45) is 0 Å². The van der Waals surface area contributed by atoms with Gasteiger partial charge in [0, 0.05) is 10.6 Å². The van der Waals surface area contributed by atoms with E-state index in [4.69, 9.17) is 0 Å². The van der Waals surface area contributed by atoms with Crippen LogP contribution in [0.5, 0.6) is 0 Å². The van der Waals surface area contributed by atoms with Crippen LogP contribution in [0.2, 0.25) is 0 Å². The van der Waals surface area contributed by atoms with E-state index >= 15 is 0 Å². The maximum absolute atomic E-state index is 12.9. The van der Waals surface area contributed by atoms with Gasteiger partial charge in [-0.15, -0.1) is 11.3 Å². The lowest BCUT2D eigenvalue weighted by molar-refractivity contribution is -0.137. The van der Waals surface area contributed by atoms with Crippen molar-refractivity contribution in [2.75, 3.05) is 5.32 Å². The summed E-state index contributed by atoms with van der Waals surface area (Å²) in [6, 6.07) is 15.4. The van der Waals surface area contributed by atoms with Crippen molar-refractivity contribution in [2.45, 2.75) is 12.7 Å². The van der Waals surface area contributed by atoms with Crippen molar-refractivity contribution in [3.63, 3.8) is 0 Å². The Bertz CT molecular complexity index is 892. The van der Waals surface area contributed by atoms with Gasteiger partial charge >= 0.3 is 6.18 Å². The number of anilines is 2. The van der Waals surface area contributed by atoms with Gasteiger partial charge in [-0.25, -0.2) is 0 Å². The summed E-state index contributed by atoms with van der Waals surface area (Å²) in [5.41, 5.74) is 0.317. The first-order chi connectivity index (χ1) is 12.4. The third-order valence-corrected chi connectivity index (χ3v) is 4.52. The summed E-state index contributed by atoms with van der Waals surface area (Å²) in [4.78, 5) is 13.5. The summed E-state index contributed by atoms with van der Waals surface area (Å²) in [5.74, 6) is -0.298. The Morgan fingerprint density at radius 1 is 1.00 bits per heavy atom. The maximum Gasteiger partial charge on any atom is 0.416 e. The first kappa shape index (κ1) is 18.0. The van der Waals surface area contributed by atoms with Crippen LogP contribution >= 0.6 is 11.3 Å². The molecule has 0 bridgehead atoms. The van der Waals surface area contributed by atoms with Gasteiger partial charge < -0.3 is 10.6 Å². The zero-order valence-corrected chi connectivity index (χ0v) is 14.3. The molecule has 2 N–H and O–H groups in total. The van der Waals surface area contributed by atoms with E-state index in [0.29, 0.717) is 17.8 Å². The lowest BCUT2D eigenvalue weighted by Gasteiger charge is -2.14. The molecule has 0 radical (unpaired) electrons. The Kier molecular flexibility index (Phi) is 5.27. The zero-order chi connectivity index (χ0) is 18.6. The Morgan fingerprint density at radius 3 is 2.54 bits per heavy atom. The molecule has 0 aliphatic rings. The molecule has 26 heavy (non-hydrogen) atoms. The summed E-state index contributed by atoms with van der Waals surface area (Å²) in [7, 11) is 0. The number of thiophene rings is 1. The Balaban J connectivity index is 1.78. The van der Waals surface area contributed by atoms with E-state index in [9.17, 15) is 18.0 Å². The van der Waals surface area contributed by atoms with Crippen molar-refractivity contribution in [1.29, 1.82) is 0 Å². The quantitative estimate of drug-likeness (QED) is 0.622. The number of nitrogens with one attached hydrogen (secondary N) is 2. The summed E-state index contributed by atoms with van der Waals surface area (Å²) in [5, 5.41) is 7.64. The Hall–Kier alpha value is -2.80. The predicted octanol–water partition coefficient (Wildman–Crippen LogP) is 5.44. The molecule has 7 heteroatoms. The topological polar surface area (TPSA) is 41.1 Å². The van der Waals surface area contributed by atoms with Crippen LogP contribution in [0.25, 0.3) is 0 Å². The van der Waals surface area contributed by atoms with Gasteiger partial charge in [-0.3, -0.25) is 4.79 Å². The van der Waals surface area contributed by atoms with E-state index < -0.39 is 11.7 Å². The molecular formula is C19H15F3N2OS. The number of carbonyl (C=O) groups is 1. The monoisotopic (exact) mass is 376 g/mol. The van der Waals surface area contributed by atoms with Gasteiger partial charge in [-0.05, 0) is 41.8 Å². The van der Waals surface area contributed by atoms with Crippen LogP contribution in [0.3, 0.4) is 0 Å². The van der Waals surface area contributed by atoms with Crippen molar-refractivity contribution < 1.29 is 18.0 Å². The molecule has 0 aliphatic carbocycles. The van der Waals surface area contributed by atoms with Gasteiger partial charge in [0.25, 0.3) is 5.91 Å². The molecule has 3 aromatic rings. The van der Waals surface area contributed by atoms with E-state index in [1.54, 1.807) is 24.3 Å². The largest absolute Gasteiger partial charge is 0.416 e. The molecule has 3 nitrogen and oxygen atoms in total. The number of para-hydroxylation sites is 1. The molecule has 0 unspecified atom stereocenters. The standard InChI is InChI=1S/C19H15F3N2OS/c20-19(21,22)13-5-3-6-14(11-13)24-17-9-2-1-8-16(17)18(25)23-12-15-7-4-10-26-15/h1-11,24H,12H2,(H,23,25). The maximum atomic E-state index is 12.9. The molecule has 0 saturated heterocycles. The fourth-order valence-corrected chi connectivity index (χ4v) is 3.04. The van der Waals surface area contributed by atoms with Gasteiger partial charge in [-0.2, -0.15) is 13.2 Å². The number of halogens is 3. The number of hydrogen-bond donors (Lipinski definition) is 2. The SMILES string of the molecule is O=C(NCc1cccs1)c1ccccc1Nc1cccc(C(F)(F)F)c1. The van der Waals surface area contributed by atoms with Crippen molar-refractivity contribution in [3.8, 4) is 0 Å². The molecule has 0 fully saturated rings. The minimum Gasteiger partial charge on any atom is -0.355 e. The molecule has 3 rings (SSSR count). The molecule has 0 spiro atoms. The third kappa shape index (κ3) is 4.43. The van der Waals surface area contributed by atoms with Gasteiger partial charge in [0.05, 0.1) is 23.4 Å². The molecule has 0 saturated carbocycles. The van der Waals surface area contributed by atoms with Crippen LogP contribution in [0.15, 0.2) is 66.0 Å². The summed E-state index contributed by atoms with van der Waals surface area (Å²) in [6.07, 6.45) is -4.42. The van der Waals surface area contributed by atoms with Crippen molar-refractivity contribution in [3.05, 3.63) is 82.0 Å². The number of hydrogen-bond acceptors (Lipinski definition) is 3.